The van der Waals surface area contributed by atoms with Crippen LogP contribution < -0.4 is 5.11 Å². The lowest BCUT2D eigenvalue weighted by Gasteiger charge is -2.10. The van der Waals surface area contributed by atoms with Gasteiger partial charge in [-0.15, -0.1) is 0 Å². The third-order valence-corrected chi connectivity index (χ3v) is 3.25. The number of carboxylic acids is 1. The normalized spacial score (nSPS) is 13.2. The summed E-state index contributed by atoms with van der Waals surface area (Å²) >= 11 is 0. The van der Waals surface area contributed by atoms with Crippen molar-refractivity contribution in [1.29, 1.82) is 0 Å². The number of rotatable bonds is 10. The molecule has 0 aliphatic heterocycles. The van der Waals surface area contributed by atoms with E-state index in [1.165, 1.54) is 6.42 Å². The minimum absolute atomic E-state index is 0.0677. The maximum absolute atomic E-state index is 12.2. The second-order valence-corrected chi connectivity index (χ2v) is 5.62. The molecule has 0 saturated heterocycles. The molecule has 0 aromatic heterocycles. The first-order valence-electron chi connectivity index (χ1n) is 9.67. The molecule has 4 heteroatoms. The zero-order valence-corrected chi connectivity index (χ0v) is 13.2. The van der Waals surface area contributed by atoms with Crippen molar-refractivity contribution in [3.8, 4) is 0 Å². The molecule has 22 heavy (non-hydrogen) atoms. The van der Waals surface area contributed by atoms with Crippen LogP contribution in [0.4, 0.5) is 0 Å². The predicted octanol–water partition coefficient (Wildman–Crippen LogP) is 3.20. The topological polar surface area (TPSA) is 66.4 Å². The zero-order chi connectivity index (χ0) is 19.9. The van der Waals surface area contributed by atoms with Crippen LogP contribution in [0, 0.1) is 5.92 Å². The molecule has 0 bridgehead atoms. The minimum Gasteiger partial charge on any atom is -0.545 e. The molecule has 0 N–H and O–H groups in total. The summed E-state index contributed by atoms with van der Waals surface area (Å²) in [6.45, 7) is 4.43. The van der Waals surface area contributed by atoms with Crippen molar-refractivity contribution < 1.29 is 24.9 Å². The molecule has 1 aromatic carbocycles. The van der Waals surface area contributed by atoms with Crippen LogP contribution in [0.5, 0.6) is 0 Å². The number of esters is 1. The molecule has 0 aliphatic rings. The van der Waals surface area contributed by atoms with Gasteiger partial charge in [0.2, 0.25) is 0 Å². The molecule has 1 rings (SSSR count). The molecule has 122 valence electrons. The van der Waals surface area contributed by atoms with E-state index in [2.05, 4.69) is 13.8 Å². The van der Waals surface area contributed by atoms with E-state index in [-0.39, 0.29) is 6.61 Å². The lowest BCUT2D eigenvalue weighted by atomic mass is 10.0. The summed E-state index contributed by atoms with van der Waals surface area (Å²) in [6.07, 6.45) is 5.94. The molecular formula is C18H25O4-. The number of carbonyl (C=O) groups excluding carboxylic acids is 2. The van der Waals surface area contributed by atoms with E-state index >= 15 is 0 Å². The molecule has 0 radical (unpaired) electrons. The molecule has 0 atom stereocenters. The number of carboxylic acid groups (broad SMARTS) is 1. The Balaban J connectivity index is 2.64. The lowest BCUT2D eigenvalue weighted by molar-refractivity contribution is -0.255. The second kappa shape index (κ2) is 9.98. The SMILES string of the molecule is [2H]c1c([2H])c([2H])c(C(=O)OCCCCCCCC(C)C)c(C(=O)[O-])c1[2H]. The third-order valence-electron chi connectivity index (χ3n) is 3.25. The Morgan fingerprint density at radius 2 is 1.68 bits per heavy atom. The molecule has 0 spiro atoms. The van der Waals surface area contributed by atoms with Gasteiger partial charge < -0.3 is 14.6 Å². The van der Waals surface area contributed by atoms with E-state index in [1.807, 2.05) is 0 Å². The van der Waals surface area contributed by atoms with Crippen molar-refractivity contribution >= 4 is 11.9 Å². The lowest BCUT2D eigenvalue weighted by Crippen LogP contribution is -2.25. The molecule has 1 aromatic rings. The zero-order valence-electron chi connectivity index (χ0n) is 17.2. The fourth-order valence-corrected chi connectivity index (χ4v) is 2.04. The Bertz CT molecular complexity index is 659. The molecule has 0 unspecified atom stereocenters. The third kappa shape index (κ3) is 6.74. The molecule has 0 fully saturated rings. The smallest absolute Gasteiger partial charge is 0.338 e. The number of hydrogen-bond acceptors (Lipinski definition) is 4. The van der Waals surface area contributed by atoms with Gasteiger partial charge in [-0.25, -0.2) is 4.79 Å². The molecule has 0 aliphatic carbocycles. The van der Waals surface area contributed by atoms with Crippen molar-refractivity contribution in [2.24, 2.45) is 5.92 Å². The van der Waals surface area contributed by atoms with Crippen LogP contribution in [0.15, 0.2) is 24.2 Å². The Morgan fingerprint density at radius 1 is 1.09 bits per heavy atom. The maximum atomic E-state index is 12.2. The highest BCUT2D eigenvalue weighted by atomic mass is 16.5. The Hall–Kier alpha value is -1.84. The van der Waals surface area contributed by atoms with Crippen molar-refractivity contribution in [2.45, 2.75) is 52.4 Å². The van der Waals surface area contributed by atoms with Gasteiger partial charge in [-0.05, 0) is 18.4 Å². The highest BCUT2D eigenvalue weighted by Crippen LogP contribution is 2.12. The van der Waals surface area contributed by atoms with Crippen LogP contribution in [0.3, 0.4) is 0 Å². The van der Waals surface area contributed by atoms with E-state index in [9.17, 15) is 14.7 Å². The van der Waals surface area contributed by atoms with Crippen LogP contribution in [-0.4, -0.2) is 18.5 Å². The second-order valence-electron chi connectivity index (χ2n) is 5.62. The molecular weight excluding hydrogens is 280 g/mol. The quantitative estimate of drug-likeness (QED) is 0.492. The van der Waals surface area contributed by atoms with Crippen LogP contribution in [0.25, 0.3) is 0 Å². The summed E-state index contributed by atoms with van der Waals surface area (Å²) in [6, 6.07) is -2.96. The first kappa shape index (κ1) is 12.7. The average molecular weight is 309 g/mol. The molecule has 0 amide bonds. The van der Waals surface area contributed by atoms with Gasteiger partial charge in [0.05, 0.1) is 23.6 Å². The predicted molar refractivity (Wildman–Crippen MR) is 83.6 cm³/mol. The van der Waals surface area contributed by atoms with E-state index in [0.29, 0.717) is 12.3 Å². The highest BCUT2D eigenvalue weighted by Gasteiger charge is 2.12. The largest absolute Gasteiger partial charge is 0.545 e. The Kier molecular flexibility index (Phi) is 5.75. The standard InChI is InChI=1S/C18H26O4/c1-14(2)10-6-4-3-5-9-13-22-18(21)16-12-8-7-11-15(16)17(19)20/h7-8,11-12,14H,3-6,9-10,13H2,1-2H3,(H,19,20)/p-1/i7D,8D,11D,12D. The first-order valence-corrected chi connectivity index (χ1v) is 7.67. The number of aromatic carboxylic acids is 1. The van der Waals surface area contributed by atoms with Crippen molar-refractivity contribution in [3.63, 3.8) is 0 Å². The van der Waals surface area contributed by atoms with Gasteiger partial charge in [-0.1, -0.05) is 64.1 Å². The summed E-state index contributed by atoms with van der Waals surface area (Å²) < 4.78 is 35.4. The number of benzene rings is 1. The summed E-state index contributed by atoms with van der Waals surface area (Å²) in [5.41, 5.74) is -1.55. The van der Waals surface area contributed by atoms with Gasteiger partial charge in [-0.2, -0.15) is 0 Å². The van der Waals surface area contributed by atoms with E-state index in [4.69, 9.17) is 10.2 Å². The Labute approximate surface area is 138 Å². The van der Waals surface area contributed by atoms with Gasteiger partial charge in [0.1, 0.15) is 0 Å². The number of ether oxygens (including phenoxy) is 1. The maximum Gasteiger partial charge on any atom is 0.338 e. The Morgan fingerprint density at radius 3 is 2.32 bits per heavy atom. The van der Waals surface area contributed by atoms with Crippen LogP contribution in [0.1, 0.15) is 78.6 Å². The summed E-state index contributed by atoms with van der Waals surface area (Å²) in [7, 11) is 0. The van der Waals surface area contributed by atoms with Gasteiger partial charge in [-0.3, -0.25) is 0 Å². The highest BCUT2D eigenvalue weighted by molar-refractivity contribution is 6.01. The number of carbonyl (C=O) groups is 2. The van der Waals surface area contributed by atoms with E-state index in [0.717, 1.165) is 25.7 Å². The van der Waals surface area contributed by atoms with Gasteiger partial charge >= 0.3 is 5.97 Å². The first-order chi connectivity index (χ1) is 12.2. The van der Waals surface area contributed by atoms with Crippen LogP contribution in [0.2, 0.25) is 0 Å². The van der Waals surface area contributed by atoms with Crippen LogP contribution in [-0.2, 0) is 4.74 Å². The van der Waals surface area contributed by atoms with Crippen molar-refractivity contribution in [1.82, 2.24) is 0 Å². The molecule has 4 nitrogen and oxygen atoms in total. The summed E-state index contributed by atoms with van der Waals surface area (Å²) in [5, 5.41) is 11.2. The summed E-state index contributed by atoms with van der Waals surface area (Å²) in [4.78, 5) is 23.4. The van der Waals surface area contributed by atoms with Gasteiger partial charge in [0, 0.05) is 5.56 Å². The van der Waals surface area contributed by atoms with Crippen molar-refractivity contribution in [3.05, 3.63) is 35.3 Å². The van der Waals surface area contributed by atoms with Crippen LogP contribution >= 0.6 is 0 Å². The monoisotopic (exact) mass is 309 g/mol. The van der Waals surface area contributed by atoms with Gasteiger partial charge in [0.25, 0.3) is 0 Å². The summed E-state index contributed by atoms with van der Waals surface area (Å²) in [5.74, 6) is -2.22. The average Bonchev–Trinajstić information content (AvgIpc) is 2.57. The number of unbranched alkanes of at least 4 members (excludes halogenated alkanes) is 4. The minimum atomic E-state index is -1.84. The van der Waals surface area contributed by atoms with Crippen molar-refractivity contribution in [2.75, 3.05) is 6.61 Å². The fraction of sp³-hybridized carbons (Fsp3) is 0.556. The van der Waals surface area contributed by atoms with E-state index in [1.54, 1.807) is 0 Å². The van der Waals surface area contributed by atoms with E-state index < -0.39 is 47.2 Å². The molecule has 0 heterocycles. The molecule has 0 saturated carbocycles. The van der Waals surface area contributed by atoms with Gasteiger partial charge in [0.15, 0.2) is 0 Å². The number of hydrogen-bond donors (Lipinski definition) is 0. The fourth-order valence-electron chi connectivity index (χ4n) is 2.04.